The minimum Gasteiger partial charge on any atom is -0.341 e. The van der Waals surface area contributed by atoms with Crippen molar-refractivity contribution < 1.29 is 9.47 Å². The van der Waals surface area contributed by atoms with Gasteiger partial charge in [0.05, 0.1) is 12.2 Å². The summed E-state index contributed by atoms with van der Waals surface area (Å²) < 4.78 is 11.6. The molecule has 1 aliphatic rings. The highest BCUT2D eigenvalue weighted by Crippen LogP contribution is 2.34. The highest BCUT2D eigenvalue weighted by atomic mass is 16.8. The van der Waals surface area contributed by atoms with E-state index in [9.17, 15) is 0 Å². The van der Waals surface area contributed by atoms with Gasteiger partial charge >= 0.3 is 0 Å². The van der Waals surface area contributed by atoms with Crippen molar-refractivity contribution in [3.8, 4) is 0 Å². The lowest BCUT2D eigenvalue weighted by Gasteiger charge is -2.24. The molecule has 0 aromatic rings. The van der Waals surface area contributed by atoms with Gasteiger partial charge in [0, 0.05) is 6.42 Å². The first-order valence-electron chi connectivity index (χ1n) is 5.13. The minimum absolute atomic E-state index is 0.137. The molecule has 0 spiro atoms. The van der Waals surface area contributed by atoms with Crippen LogP contribution in [0.5, 0.6) is 0 Å². The van der Waals surface area contributed by atoms with Crippen LogP contribution in [-0.4, -0.2) is 18.0 Å². The Morgan fingerprint density at radius 3 is 2.21 bits per heavy atom. The summed E-state index contributed by atoms with van der Waals surface area (Å²) in [4.78, 5) is 0. The predicted octanol–water partition coefficient (Wildman–Crippen LogP) is 3.05. The second-order valence-electron chi connectivity index (χ2n) is 4.12. The van der Waals surface area contributed by atoms with Crippen LogP contribution in [0, 0.1) is 0 Å². The monoisotopic (exact) mass is 196 g/mol. The highest BCUT2D eigenvalue weighted by molar-refractivity contribution is 4.99. The van der Waals surface area contributed by atoms with E-state index in [-0.39, 0.29) is 12.2 Å². The molecule has 0 N–H and O–H groups in total. The van der Waals surface area contributed by atoms with Crippen LogP contribution in [0.1, 0.15) is 33.6 Å². The van der Waals surface area contributed by atoms with Gasteiger partial charge in [-0.3, -0.25) is 0 Å². The molecule has 1 fully saturated rings. The van der Waals surface area contributed by atoms with Gasteiger partial charge in [0.25, 0.3) is 0 Å². The van der Waals surface area contributed by atoms with Gasteiger partial charge in [0.1, 0.15) is 0 Å². The van der Waals surface area contributed by atoms with Crippen molar-refractivity contribution in [3.63, 3.8) is 0 Å². The van der Waals surface area contributed by atoms with Crippen LogP contribution in [0.4, 0.5) is 0 Å². The molecule has 2 heteroatoms. The number of hydrogen-bond donors (Lipinski definition) is 0. The van der Waals surface area contributed by atoms with Crippen LogP contribution in [0.25, 0.3) is 0 Å². The Bertz CT molecular complexity index is 222. The zero-order valence-corrected chi connectivity index (χ0v) is 9.38. The first-order valence-corrected chi connectivity index (χ1v) is 5.13. The molecule has 1 heterocycles. The van der Waals surface area contributed by atoms with Crippen molar-refractivity contribution in [2.45, 2.75) is 51.6 Å². The van der Waals surface area contributed by atoms with E-state index in [0.717, 1.165) is 18.4 Å². The Balaban J connectivity index is 2.60. The minimum atomic E-state index is -0.586. The molecule has 0 radical (unpaired) electrons. The van der Waals surface area contributed by atoms with Gasteiger partial charge in [-0.1, -0.05) is 12.2 Å². The molecule has 0 aliphatic carbocycles. The molecule has 1 aliphatic heterocycles. The fourth-order valence-corrected chi connectivity index (χ4v) is 1.55. The molecule has 0 unspecified atom stereocenters. The van der Waals surface area contributed by atoms with Crippen LogP contribution in [0.2, 0.25) is 0 Å². The molecule has 80 valence electrons. The SMILES string of the molecule is C=CC1(CCC(=C)C)O[C@H](C)[C@@H](C)O1. The molecule has 2 atom stereocenters. The molecule has 0 amide bonds. The van der Waals surface area contributed by atoms with Crippen molar-refractivity contribution in [1.29, 1.82) is 0 Å². The summed E-state index contributed by atoms with van der Waals surface area (Å²) in [6.45, 7) is 13.7. The summed E-state index contributed by atoms with van der Waals surface area (Å²) in [6, 6.07) is 0. The van der Waals surface area contributed by atoms with Crippen molar-refractivity contribution in [3.05, 3.63) is 24.8 Å². The number of ether oxygens (including phenoxy) is 2. The summed E-state index contributed by atoms with van der Waals surface area (Å²) >= 11 is 0. The van der Waals surface area contributed by atoms with E-state index in [0.29, 0.717) is 0 Å². The third-order valence-electron chi connectivity index (χ3n) is 2.64. The summed E-state index contributed by atoms with van der Waals surface area (Å²) in [5.41, 5.74) is 1.14. The molecule has 0 aromatic heterocycles. The Hall–Kier alpha value is -0.600. The summed E-state index contributed by atoms with van der Waals surface area (Å²) in [5, 5.41) is 0. The fourth-order valence-electron chi connectivity index (χ4n) is 1.55. The van der Waals surface area contributed by atoms with Gasteiger partial charge in [0.15, 0.2) is 5.79 Å². The third kappa shape index (κ3) is 2.46. The smallest absolute Gasteiger partial charge is 0.188 e. The molecule has 2 nitrogen and oxygen atoms in total. The first kappa shape index (κ1) is 11.5. The highest BCUT2D eigenvalue weighted by Gasteiger charge is 2.41. The molecule has 0 aromatic carbocycles. The molecular weight excluding hydrogens is 176 g/mol. The van der Waals surface area contributed by atoms with Crippen LogP contribution in [0.3, 0.4) is 0 Å². The Morgan fingerprint density at radius 1 is 1.36 bits per heavy atom. The quantitative estimate of drug-likeness (QED) is 0.643. The second kappa shape index (κ2) is 4.28. The molecule has 1 rings (SSSR count). The van der Waals surface area contributed by atoms with Crippen LogP contribution >= 0.6 is 0 Å². The molecule has 0 bridgehead atoms. The standard InChI is InChI=1S/C12H20O2/c1-6-12(8-7-9(2)3)13-10(4)11(5)14-12/h6,10-11H,1-2,7-8H2,3-5H3/t10-,11-/m1/s1. The molecule has 0 saturated carbocycles. The van der Waals surface area contributed by atoms with E-state index in [4.69, 9.17) is 9.47 Å². The van der Waals surface area contributed by atoms with E-state index in [1.165, 1.54) is 0 Å². The van der Waals surface area contributed by atoms with Crippen LogP contribution in [-0.2, 0) is 9.47 Å². The molecule has 14 heavy (non-hydrogen) atoms. The number of hydrogen-bond acceptors (Lipinski definition) is 2. The van der Waals surface area contributed by atoms with Crippen molar-refractivity contribution in [2.75, 3.05) is 0 Å². The zero-order valence-electron chi connectivity index (χ0n) is 9.38. The maximum absolute atomic E-state index is 5.78. The van der Waals surface area contributed by atoms with E-state index in [1.807, 2.05) is 20.8 Å². The Labute approximate surface area is 86.6 Å². The van der Waals surface area contributed by atoms with Gasteiger partial charge in [-0.05, 0) is 33.3 Å². The number of allylic oxidation sites excluding steroid dienone is 1. The zero-order chi connectivity index (χ0) is 10.8. The largest absolute Gasteiger partial charge is 0.341 e. The lowest BCUT2D eigenvalue weighted by atomic mass is 10.1. The Morgan fingerprint density at radius 2 is 1.86 bits per heavy atom. The first-order chi connectivity index (χ1) is 6.49. The third-order valence-corrected chi connectivity index (χ3v) is 2.64. The fraction of sp³-hybridized carbons (Fsp3) is 0.667. The maximum atomic E-state index is 5.78. The van der Waals surface area contributed by atoms with Crippen molar-refractivity contribution in [1.82, 2.24) is 0 Å². The summed E-state index contributed by atoms with van der Waals surface area (Å²) in [7, 11) is 0. The normalized spacial score (nSPS) is 30.2. The van der Waals surface area contributed by atoms with Gasteiger partial charge in [0.2, 0.25) is 0 Å². The Kier molecular flexibility index (Phi) is 3.51. The van der Waals surface area contributed by atoms with Gasteiger partial charge in [-0.15, -0.1) is 6.58 Å². The van der Waals surface area contributed by atoms with E-state index < -0.39 is 5.79 Å². The van der Waals surface area contributed by atoms with Gasteiger partial charge in [-0.25, -0.2) is 0 Å². The lowest BCUT2D eigenvalue weighted by molar-refractivity contribution is -0.138. The van der Waals surface area contributed by atoms with Gasteiger partial charge in [-0.2, -0.15) is 0 Å². The van der Waals surface area contributed by atoms with E-state index >= 15 is 0 Å². The molecular formula is C12H20O2. The average molecular weight is 196 g/mol. The number of rotatable bonds is 4. The van der Waals surface area contributed by atoms with E-state index in [2.05, 4.69) is 13.2 Å². The second-order valence-corrected chi connectivity index (χ2v) is 4.12. The van der Waals surface area contributed by atoms with Gasteiger partial charge < -0.3 is 9.47 Å². The summed E-state index contributed by atoms with van der Waals surface area (Å²) in [5.74, 6) is -0.586. The molecule has 1 saturated heterocycles. The van der Waals surface area contributed by atoms with E-state index in [1.54, 1.807) is 6.08 Å². The summed E-state index contributed by atoms with van der Waals surface area (Å²) in [6.07, 6.45) is 3.75. The predicted molar refractivity (Wildman–Crippen MR) is 58.1 cm³/mol. The van der Waals surface area contributed by atoms with Crippen LogP contribution in [0.15, 0.2) is 24.8 Å². The average Bonchev–Trinajstić information content (AvgIpc) is 2.41. The van der Waals surface area contributed by atoms with Crippen molar-refractivity contribution in [2.24, 2.45) is 0 Å². The topological polar surface area (TPSA) is 18.5 Å². The maximum Gasteiger partial charge on any atom is 0.188 e. The van der Waals surface area contributed by atoms with Crippen molar-refractivity contribution >= 4 is 0 Å². The van der Waals surface area contributed by atoms with Crippen LogP contribution < -0.4 is 0 Å². The lowest BCUT2D eigenvalue weighted by Crippen LogP contribution is -2.28.